The summed E-state index contributed by atoms with van der Waals surface area (Å²) in [7, 11) is 3.73. The molecule has 5 heteroatoms. The number of rotatable bonds is 5. The van der Waals surface area contributed by atoms with Crippen molar-refractivity contribution in [3.8, 4) is 11.5 Å². The Morgan fingerprint density at radius 3 is 2.56 bits per heavy atom. The van der Waals surface area contributed by atoms with Gasteiger partial charge in [-0.25, -0.2) is 4.79 Å². The molecule has 2 amide bonds. The Hall–Kier alpha value is -3.05. The first-order valence-electron chi connectivity index (χ1n) is 9.12. The van der Waals surface area contributed by atoms with Crippen LogP contribution in [-0.2, 0) is 6.54 Å². The van der Waals surface area contributed by atoms with Gasteiger partial charge in [0.05, 0.1) is 0 Å². The van der Waals surface area contributed by atoms with Crippen LogP contribution in [0.15, 0.2) is 60.7 Å². The number of carbonyl (C=O) groups excluding carboxylic acids is 1. The highest BCUT2D eigenvalue weighted by Gasteiger charge is 2.27. The van der Waals surface area contributed by atoms with Crippen LogP contribution in [0.3, 0.4) is 0 Å². The summed E-state index contributed by atoms with van der Waals surface area (Å²) in [6.45, 7) is 2.11. The number of nitrogens with zero attached hydrogens (tertiary/aromatic N) is 2. The fourth-order valence-electron chi connectivity index (χ4n) is 3.41. The van der Waals surface area contributed by atoms with Crippen molar-refractivity contribution in [3.05, 3.63) is 66.2 Å². The van der Waals surface area contributed by atoms with Crippen molar-refractivity contribution in [2.24, 2.45) is 0 Å². The third kappa shape index (κ3) is 3.46. The Morgan fingerprint density at radius 1 is 1.00 bits per heavy atom. The first kappa shape index (κ1) is 17.4. The highest BCUT2D eigenvalue weighted by Crippen LogP contribution is 2.32. The number of hydrogen-bond acceptors (Lipinski definition) is 3. The van der Waals surface area contributed by atoms with E-state index >= 15 is 0 Å². The van der Waals surface area contributed by atoms with E-state index in [9.17, 15) is 4.79 Å². The minimum atomic E-state index is 0.0357. The molecule has 0 bridgehead atoms. The first-order chi connectivity index (χ1) is 13.2. The van der Waals surface area contributed by atoms with Gasteiger partial charge in [0, 0.05) is 37.9 Å². The third-order valence-corrected chi connectivity index (χ3v) is 4.89. The largest absolute Gasteiger partial charge is 0.457 e. The fourth-order valence-corrected chi connectivity index (χ4v) is 3.41. The summed E-state index contributed by atoms with van der Waals surface area (Å²) >= 11 is 0. The van der Waals surface area contributed by atoms with E-state index < -0.39 is 0 Å². The average Bonchev–Trinajstić information content (AvgIpc) is 3.02. The number of likely N-dealkylation sites (N-methyl/N-ethyl adjacent to an activating group) is 1. The predicted octanol–water partition coefficient (Wildman–Crippen LogP) is 4.22. The highest BCUT2D eigenvalue weighted by molar-refractivity contribution is 5.94. The molecule has 4 rings (SSSR count). The molecular weight excluding hydrogens is 338 g/mol. The van der Waals surface area contributed by atoms with Crippen LogP contribution in [0.25, 0.3) is 10.8 Å². The molecule has 1 saturated heterocycles. The van der Waals surface area contributed by atoms with E-state index in [1.54, 1.807) is 9.80 Å². The second kappa shape index (κ2) is 7.29. The van der Waals surface area contributed by atoms with Crippen LogP contribution < -0.4 is 15.0 Å². The lowest BCUT2D eigenvalue weighted by Crippen LogP contribution is -2.29. The van der Waals surface area contributed by atoms with Gasteiger partial charge in [-0.05, 0) is 48.2 Å². The molecule has 0 aliphatic carbocycles. The summed E-state index contributed by atoms with van der Waals surface area (Å²) in [5.74, 6) is 1.60. The summed E-state index contributed by atoms with van der Waals surface area (Å²) in [6.07, 6.45) is 0. The number of urea groups is 1. The van der Waals surface area contributed by atoms with E-state index in [4.69, 9.17) is 4.74 Å². The Kier molecular flexibility index (Phi) is 4.69. The van der Waals surface area contributed by atoms with Crippen LogP contribution in [0.1, 0.15) is 5.56 Å². The average molecular weight is 361 g/mol. The summed E-state index contributed by atoms with van der Waals surface area (Å²) in [5.41, 5.74) is 1.92. The van der Waals surface area contributed by atoms with Crippen LogP contribution >= 0.6 is 0 Å². The SMILES string of the molecule is CNCc1cc(N2CCN(C)C2=O)ccc1Oc1ccc2ccccc2c1. The topological polar surface area (TPSA) is 44.8 Å². The molecule has 5 nitrogen and oxygen atoms in total. The van der Waals surface area contributed by atoms with Crippen LogP contribution in [0.4, 0.5) is 10.5 Å². The maximum atomic E-state index is 12.3. The predicted molar refractivity (Wildman–Crippen MR) is 109 cm³/mol. The molecule has 0 spiro atoms. The van der Waals surface area contributed by atoms with E-state index in [1.165, 1.54) is 5.39 Å². The van der Waals surface area contributed by atoms with Gasteiger partial charge in [0.15, 0.2) is 0 Å². The van der Waals surface area contributed by atoms with Crippen LogP contribution in [-0.4, -0.2) is 38.1 Å². The van der Waals surface area contributed by atoms with Gasteiger partial charge in [-0.3, -0.25) is 4.90 Å². The molecular formula is C22H23N3O2. The molecule has 0 atom stereocenters. The first-order valence-corrected chi connectivity index (χ1v) is 9.12. The van der Waals surface area contributed by atoms with Crippen molar-refractivity contribution >= 4 is 22.5 Å². The Labute approximate surface area is 159 Å². The van der Waals surface area contributed by atoms with Gasteiger partial charge in [0.1, 0.15) is 11.5 Å². The number of fused-ring (bicyclic) bond motifs is 1. The van der Waals surface area contributed by atoms with E-state index in [2.05, 4.69) is 23.5 Å². The lowest BCUT2D eigenvalue weighted by Gasteiger charge is -2.19. The van der Waals surface area contributed by atoms with Crippen molar-refractivity contribution in [1.82, 2.24) is 10.2 Å². The molecule has 1 aliphatic heterocycles. The smallest absolute Gasteiger partial charge is 0.324 e. The molecule has 1 aliphatic rings. The lowest BCUT2D eigenvalue weighted by molar-refractivity contribution is 0.229. The lowest BCUT2D eigenvalue weighted by atomic mass is 10.1. The molecule has 138 valence electrons. The Morgan fingerprint density at radius 2 is 1.81 bits per heavy atom. The second-order valence-corrected chi connectivity index (χ2v) is 6.79. The zero-order chi connectivity index (χ0) is 18.8. The van der Waals surface area contributed by atoms with Crippen molar-refractivity contribution in [1.29, 1.82) is 0 Å². The van der Waals surface area contributed by atoms with Gasteiger partial charge in [-0.1, -0.05) is 30.3 Å². The minimum Gasteiger partial charge on any atom is -0.457 e. The van der Waals surface area contributed by atoms with Crippen molar-refractivity contribution in [3.63, 3.8) is 0 Å². The second-order valence-electron chi connectivity index (χ2n) is 6.79. The monoisotopic (exact) mass is 361 g/mol. The number of amides is 2. The van der Waals surface area contributed by atoms with Gasteiger partial charge >= 0.3 is 6.03 Å². The quantitative estimate of drug-likeness (QED) is 0.740. The number of hydrogen-bond donors (Lipinski definition) is 1. The molecule has 27 heavy (non-hydrogen) atoms. The van der Waals surface area contributed by atoms with Gasteiger partial charge in [0.25, 0.3) is 0 Å². The molecule has 3 aromatic rings. The molecule has 0 unspecified atom stereocenters. The third-order valence-electron chi connectivity index (χ3n) is 4.89. The maximum Gasteiger partial charge on any atom is 0.324 e. The molecule has 0 aromatic heterocycles. The van der Waals surface area contributed by atoms with E-state index in [-0.39, 0.29) is 6.03 Å². The Bertz CT molecular complexity index is 986. The van der Waals surface area contributed by atoms with E-state index in [1.807, 2.05) is 56.6 Å². The zero-order valence-electron chi connectivity index (χ0n) is 15.6. The normalized spacial score (nSPS) is 14.2. The van der Waals surface area contributed by atoms with E-state index in [0.29, 0.717) is 13.1 Å². The van der Waals surface area contributed by atoms with Crippen LogP contribution in [0.2, 0.25) is 0 Å². The molecule has 1 heterocycles. The van der Waals surface area contributed by atoms with Crippen molar-refractivity contribution in [2.45, 2.75) is 6.54 Å². The molecule has 3 aromatic carbocycles. The summed E-state index contributed by atoms with van der Waals surface area (Å²) in [5, 5.41) is 5.52. The summed E-state index contributed by atoms with van der Waals surface area (Å²) in [4.78, 5) is 15.8. The van der Waals surface area contributed by atoms with Crippen molar-refractivity contribution in [2.75, 3.05) is 32.1 Å². The molecule has 1 N–H and O–H groups in total. The number of ether oxygens (including phenoxy) is 1. The van der Waals surface area contributed by atoms with Gasteiger partial charge in [-0.15, -0.1) is 0 Å². The van der Waals surface area contributed by atoms with Crippen LogP contribution in [0.5, 0.6) is 11.5 Å². The summed E-state index contributed by atoms with van der Waals surface area (Å²) in [6, 6.07) is 20.3. The molecule has 0 radical (unpaired) electrons. The highest BCUT2D eigenvalue weighted by atomic mass is 16.5. The molecule has 1 fully saturated rings. The molecule has 0 saturated carbocycles. The van der Waals surface area contributed by atoms with Gasteiger partial charge in [-0.2, -0.15) is 0 Å². The minimum absolute atomic E-state index is 0.0357. The van der Waals surface area contributed by atoms with Gasteiger partial charge < -0.3 is 15.0 Å². The van der Waals surface area contributed by atoms with Crippen LogP contribution in [0, 0.1) is 0 Å². The van der Waals surface area contributed by atoms with E-state index in [0.717, 1.165) is 34.7 Å². The number of benzene rings is 3. The number of nitrogens with one attached hydrogen (secondary N) is 1. The maximum absolute atomic E-state index is 12.3. The Balaban J connectivity index is 1.64. The van der Waals surface area contributed by atoms with Crippen molar-refractivity contribution < 1.29 is 9.53 Å². The van der Waals surface area contributed by atoms with Gasteiger partial charge in [0.2, 0.25) is 0 Å². The number of carbonyl (C=O) groups is 1. The standard InChI is InChI=1S/C22H23N3O2/c1-23-15-18-13-19(25-12-11-24(2)22(25)26)8-10-21(18)27-20-9-7-16-5-3-4-6-17(16)14-20/h3-10,13-14,23H,11-12,15H2,1-2H3. The zero-order valence-corrected chi connectivity index (χ0v) is 15.6. The fraction of sp³-hybridized carbons (Fsp3) is 0.227. The summed E-state index contributed by atoms with van der Waals surface area (Å²) < 4.78 is 6.18. The number of anilines is 1.